The molecule has 96 valence electrons. The zero-order valence-corrected chi connectivity index (χ0v) is 12.2. The Labute approximate surface area is 124 Å². The molecule has 0 fully saturated rings. The van der Waals surface area contributed by atoms with Gasteiger partial charge >= 0.3 is 5.97 Å². The Hall–Kier alpha value is -1.58. The fourth-order valence-electron chi connectivity index (χ4n) is 1.43. The van der Waals surface area contributed by atoms with E-state index >= 15 is 0 Å². The molecule has 0 aromatic heterocycles. The van der Waals surface area contributed by atoms with Crippen LogP contribution in [-0.4, -0.2) is 5.97 Å². The van der Waals surface area contributed by atoms with Crippen LogP contribution in [0.2, 0.25) is 5.02 Å². The van der Waals surface area contributed by atoms with Gasteiger partial charge in [-0.3, -0.25) is 0 Å². The average molecular weight is 338 g/mol. The van der Waals surface area contributed by atoms with Gasteiger partial charge in [0, 0.05) is 10.5 Å². The molecule has 0 amide bonds. The monoisotopic (exact) mass is 336 g/mol. The fraction of sp³-hybridized carbons (Fsp3) is 0. The summed E-state index contributed by atoms with van der Waals surface area (Å²) in [5.74, 6) is -0.124. The summed E-state index contributed by atoms with van der Waals surface area (Å²) < 4.78 is 5.97. The molecule has 0 saturated carbocycles. The Kier molecular flexibility index (Phi) is 4.77. The highest BCUT2D eigenvalue weighted by Crippen LogP contribution is 2.27. The number of esters is 1. The quantitative estimate of drug-likeness (QED) is 0.460. The highest BCUT2D eigenvalue weighted by molar-refractivity contribution is 9.10. The molecule has 0 heterocycles. The van der Waals surface area contributed by atoms with Crippen LogP contribution in [0.1, 0.15) is 5.56 Å². The Balaban J connectivity index is 2.04. The second-order valence-electron chi connectivity index (χ2n) is 3.74. The summed E-state index contributed by atoms with van der Waals surface area (Å²) in [6, 6.07) is 14.6. The van der Waals surface area contributed by atoms with Crippen LogP contribution in [0, 0.1) is 0 Å². The summed E-state index contributed by atoms with van der Waals surface area (Å²) >= 11 is 9.24. The maximum absolute atomic E-state index is 11.6. The van der Waals surface area contributed by atoms with E-state index in [9.17, 15) is 4.79 Å². The Morgan fingerprint density at radius 1 is 1.16 bits per heavy atom. The van der Waals surface area contributed by atoms with Crippen molar-refractivity contribution in [3.63, 3.8) is 0 Å². The van der Waals surface area contributed by atoms with E-state index in [-0.39, 0.29) is 0 Å². The molecule has 0 bridgehead atoms. The molecule has 2 nitrogen and oxygen atoms in total. The van der Waals surface area contributed by atoms with Crippen molar-refractivity contribution in [2.24, 2.45) is 0 Å². The van der Waals surface area contributed by atoms with Crippen LogP contribution >= 0.6 is 27.5 Å². The maximum atomic E-state index is 11.6. The van der Waals surface area contributed by atoms with Crippen molar-refractivity contribution in [3.8, 4) is 5.75 Å². The van der Waals surface area contributed by atoms with Crippen molar-refractivity contribution in [3.05, 3.63) is 69.7 Å². The number of carbonyl (C=O) groups is 1. The van der Waals surface area contributed by atoms with E-state index in [0.717, 1.165) is 10.0 Å². The molecule has 0 radical (unpaired) electrons. The number of halogens is 2. The second kappa shape index (κ2) is 6.55. The normalized spacial score (nSPS) is 10.6. The maximum Gasteiger partial charge on any atom is 0.336 e. The van der Waals surface area contributed by atoms with E-state index in [4.69, 9.17) is 16.3 Å². The van der Waals surface area contributed by atoms with Crippen molar-refractivity contribution in [1.82, 2.24) is 0 Å². The Bertz CT molecular complexity index is 609. The van der Waals surface area contributed by atoms with Gasteiger partial charge in [-0.15, -0.1) is 0 Å². The van der Waals surface area contributed by atoms with Crippen LogP contribution in [0.3, 0.4) is 0 Å². The van der Waals surface area contributed by atoms with Gasteiger partial charge in [-0.05, 0) is 29.8 Å². The van der Waals surface area contributed by atoms with Gasteiger partial charge in [0.1, 0.15) is 5.75 Å². The van der Waals surface area contributed by atoms with Gasteiger partial charge in [-0.2, -0.15) is 0 Å². The first-order valence-electron chi connectivity index (χ1n) is 5.55. The number of hydrogen-bond donors (Lipinski definition) is 0. The average Bonchev–Trinajstić information content (AvgIpc) is 2.41. The molecular weight excluding hydrogens is 328 g/mol. The molecule has 2 aromatic carbocycles. The van der Waals surface area contributed by atoms with Crippen molar-refractivity contribution in [2.75, 3.05) is 0 Å². The number of rotatable bonds is 3. The molecule has 0 spiro atoms. The van der Waals surface area contributed by atoms with Crippen molar-refractivity contribution >= 4 is 39.6 Å². The topological polar surface area (TPSA) is 26.3 Å². The molecule has 19 heavy (non-hydrogen) atoms. The minimum Gasteiger partial charge on any atom is -0.422 e. The van der Waals surface area contributed by atoms with Crippen LogP contribution in [-0.2, 0) is 4.79 Å². The number of carbonyl (C=O) groups excluding carboxylic acids is 1. The molecular formula is C15H10BrClO2. The largest absolute Gasteiger partial charge is 0.422 e. The Morgan fingerprint density at radius 2 is 1.89 bits per heavy atom. The lowest BCUT2D eigenvalue weighted by Gasteiger charge is -2.03. The van der Waals surface area contributed by atoms with Crippen LogP contribution in [0.4, 0.5) is 0 Å². The van der Waals surface area contributed by atoms with E-state index < -0.39 is 5.97 Å². The summed E-state index contributed by atoms with van der Waals surface area (Å²) in [6.07, 6.45) is 3.06. The molecule has 0 aliphatic heterocycles. The van der Waals surface area contributed by atoms with Crippen LogP contribution in [0.5, 0.6) is 5.75 Å². The fourth-order valence-corrected chi connectivity index (χ4v) is 2.14. The van der Waals surface area contributed by atoms with Gasteiger partial charge in [0.05, 0.1) is 5.02 Å². The minimum absolute atomic E-state index is 0.340. The van der Waals surface area contributed by atoms with Crippen LogP contribution in [0.15, 0.2) is 59.1 Å². The third-order valence-electron chi connectivity index (χ3n) is 2.32. The predicted octanol–water partition coefficient (Wildman–Crippen LogP) is 4.72. The lowest BCUT2D eigenvalue weighted by molar-refractivity contribution is -0.128. The molecule has 0 aliphatic carbocycles. The molecule has 0 atom stereocenters. The molecule has 4 heteroatoms. The lowest BCUT2D eigenvalue weighted by atomic mass is 10.2. The SMILES string of the molecule is O=C(C=Cc1ccccc1)Oc1ccc(Br)cc1Cl. The number of ether oxygens (including phenoxy) is 1. The van der Waals surface area contributed by atoms with Crippen molar-refractivity contribution in [1.29, 1.82) is 0 Å². The summed E-state index contributed by atoms with van der Waals surface area (Å²) in [4.78, 5) is 11.6. The van der Waals surface area contributed by atoms with Gasteiger partial charge in [-0.25, -0.2) is 4.79 Å². The standard InChI is InChI=1S/C15H10BrClO2/c16-12-7-8-14(13(17)10-12)19-15(18)9-6-11-4-2-1-3-5-11/h1-10H. The molecule has 2 aromatic rings. The molecule has 0 N–H and O–H groups in total. The van der Waals surface area contributed by atoms with Gasteiger partial charge in [0.15, 0.2) is 0 Å². The zero-order valence-electron chi connectivity index (χ0n) is 9.85. The molecule has 2 rings (SSSR count). The van der Waals surface area contributed by atoms with E-state index in [1.165, 1.54) is 6.08 Å². The van der Waals surface area contributed by atoms with E-state index in [2.05, 4.69) is 15.9 Å². The molecule has 0 saturated heterocycles. The van der Waals surface area contributed by atoms with Gasteiger partial charge in [0.2, 0.25) is 0 Å². The van der Waals surface area contributed by atoms with E-state index in [0.29, 0.717) is 10.8 Å². The number of hydrogen-bond acceptors (Lipinski definition) is 2. The van der Waals surface area contributed by atoms with Crippen molar-refractivity contribution < 1.29 is 9.53 Å². The van der Waals surface area contributed by atoms with Crippen LogP contribution < -0.4 is 4.74 Å². The van der Waals surface area contributed by atoms with Crippen molar-refractivity contribution in [2.45, 2.75) is 0 Å². The Morgan fingerprint density at radius 3 is 2.58 bits per heavy atom. The smallest absolute Gasteiger partial charge is 0.336 e. The van der Waals surface area contributed by atoms with Gasteiger partial charge < -0.3 is 4.74 Å². The van der Waals surface area contributed by atoms with Crippen LogP contribution in [0.25, 0.3) is 6.08 Å². The van der Waals surface area contributed by atoms with E-state index in [1.807, 2.05) is 30.3 Å². The first kappa shape index (κ1) is 13.8. The summed E-state index contributed by atoms with van der Waals surface area (Å²) in [6.45, 7) is 0. The first-order valence-corrected chi connectivity index (χ1v) is 6.72. The summed E-state index contributed by atoms with van der Waals surface area (Å²) in [7, 11) is 0. The lowest BCUT2D eigenvalue weighted by Crippen LogP contribution is -2.03. The minimum atomic E-state index is -0.465. The third-order valence-corrected chi connectivity index (χ3v) is 3.10. The summed E-state index contributed by atoms with van der Waals surface area (Å²) in [5.41, 5.74) is 0.932. The summed E-state index contributed by atoms with van der Waals surface area (Å²) in [5, 5.41) is 0.385. The van der Waals surface area contributed by atoms with Gasteiger partial charge in [-0.1, -0.05) is 57.9 Å². The van der Waals surface area contributed by atoms with E-state index in [1.54, 1.807) is 24.3 Å². The zero-order chi connectivity index (χ0) is 13.7. The number of benzene rings is 2. The van der Waals surface area contributed by atoms with Gasteiger partial charge in [0.25, 0.3) is 0 Å². The first-order chi connectivity index (χ1) is 9.15. The predicted molar refractivity (Wildman–Crippen MR) is 80.3 cm³/mol. The molecule has 0 unspecified atom stereocenters. The second-order valence-corrected chi connectivity index (χ2v) is 5.06. The highest BCUT2D eigenvalue weighted by Gasteiger charge is 2.05. The third kappa shape index (κ3) is 4.23. The molecule has 0 aliphatic rings. The highest BCUT2D eigenvalue weighted by atomic mass is 79.9.